The highest BCUT2D eigenvalue weighted by atomic mass is 16.7. The standard InChI is InChI=1S/C24H38O4/c1-22(2)27-13-20(28-22)18-8-7-17-16-6-5-14-11-15(25)9-10-23(14,3)21(16)19(26)12-24(17,18)4/h14-18,20-21,25H,5-13H2,1-4H3/t14-,15+,16-,17-,18+,20+,21+,23-,24-/m0/s1. The monoisotopic (exact) mass is 390 g/mol. The van der Waals surface area contributed by atoms with Gasteiger partial charge in [0, 0.05) is 12.3 Å². The average Bonchev–Trinajstić information content (AvgIpc) is 3.13. The van der Waals surface area contributed by atoms with Gasteiger partial charge >= 0.3 is 0 Å². The lowest BCUT2D eigenvalue weighted by Crippen LogP contribution is -2.58. The third-order valence-electron chi connectivity index (χ3n) is 9.87. The molecule has 1 saturated heterocycles. The van der Waals surface area contributed by atoms with Crippen LogP contribution in [0.5, 0.6) is 0 Å². The van der Waals surface area contributed by atoms with Crippen LogP contribution in [-0.4, -0.2) is 35.5 Å². The largest absolute Gasteiger partial charge is 0.393 e. The van der Waals surface area contributed by atoms with Gasteiger partial charge in [-0.05, 0) is 93.3 Å². The van der Waals surface area contributed by atoms with Crippen molar-refractivity contribution in [2.45, 2.75) is 97.1 Å². The van der Waals surface area contributed by atoms with E-state index in [9.17, 15) is 9.90 Å². The first-order valence-electron chi connectivity index (χ1n) is 11.7. The van der Waals surface area contributed by atoms with Crippen LogP contribution in [0.1, 0.15) is 79.1 Å². The maximum absolute atomic E-state index is 13.7. The average molecular weight is 391 g/mol. The molecule has 4 nitrogen and oxygen atoms in total. The van der Waals surface area contributed by atoms with Crippen LogP contribution >= 0.6 is 0 Å². The van der Waals surface area contributed by atoms with Crippen molar-refractivity contribution in [3.8, 4) is 0 Å². The predicted molar refractivity (Wildman–Crippen MR) is 107 cm³/mol. The second kappa shape index (κ2) is 6.28. The Morgan fingerprint density at radius 3 is 2.43 bits per heavy atom. The number of hydrogen-bond donors (Lipinski definition) is 1. The summed E-state index contributed by atoms with van der Waals surface area (Å²) in [5.41, 5.74) is 0.164. The number of aliphatic hydroxyl groups excluding tert-OH is 1. The van der Waals surface area contributed by atoms with Gasteiger partial charge < -0.3 is 14.6 Å². The van der Waals surface area contributed by atoms with Gasteiger partial charge in [-0.25, -0.2) is 0 Å². The minimum absolute atomic E-state index is 0.0596. The Morgan fingerprint density at radius 1 is 0.964 bits per heavy atom. The van der Waals surface area contributed by atoms with Gasteiger partial charge in [0.05, 0.1) is 18.8 Å². The second-order valence-electron chi connectivity index (χ2n) is 11.7. The molecular formula is C24H38O4. The van der Waals surface area contributed by atoms with E-state index in [-0.39, 0.29) is 29.0 Å². The van der Waals surface area contributed by atoms with Crippen LogP contribution in [0.15, 0.2) is 0 Å². The van der Waals surface area contributed by atoms with Crippen molar-refractivity contribution in [1.82, 2.24) is 0 Å². The number of fused-ring (bicyclic) bond motifs is 5. The number of carbonyl (C=O) groups excluding carboxylic acids is 1. The number of Topliss-reactive ketones (excluding diaryl/α,β-unsaturated/α-hetero) is 1. The third kappa shape index (κ3) is 2.70. The quantitative estimate of drug-likeness (QED) is 0.724. The summed E-state index contributed by atoms with van der Waals surface area (Å²) in [5, 5.41) is 10.2. The third-order valence-corrected chi connectivity index (χ3v) is 9.87. The summed E-state index contributed by atoms with van der Waals surface area (Å²) < 4.78 is 12.2. The molecule has 9 atom stereocenters. The summed E-state index contributed by atoms with van der Waals surface area (Å²) in [5.74, 6) is 2.36. The van der Waals surface area contributed by atoms with E-state index in [1.165, 1.54) is 25.7 Å². The molecule has 0 aromatic carbocycles. The molecule has 158 valence electrons. The SMILES string of the molecule is CC1(C)OC[C@H]([C@H]2CC[C@H]3[C@@H]4CC[C@H]5C[C@H](O)CC[C@]5(C)[C@H]4C(=O)C[C@]23C)O1. The number of carbonyl (C=O) groups is 1. The molecule has 4 saturated carbocycles. The molecule has 0 amide bonds. The van der Waals surface area contributed by atoms with Crippen LogP contribution in [0.25, 0.3) is 0 Å². The van der Waals surface area contributed by atoms with E-state index in [0.29, 0.717) is 42.5 Å². The molecule has 1 heterocycles. The molecule has 4 heteroatoms. The van der Waals surface area contributed by atoms with Crippen molar-refractivity contribution in [2.75, 3.05) is 6.61 Å². The number of aliphatic hydroxyl groups is 1. The molecule has 1 aliphatic heterocycles. The lowest BCUT2D eigenvalue weighted by molar-refractivity contribution is -0.170. The molecule has 4 aliphatic carbocycles. The van der Waals surface area contributed by atoms with E-state index in [1.54, 1.807) is 0 Å². The topological polar surface area (TPSA) is 55.8 Å². The van der Waals surface area contributed by atoms with Crippen molar-refractivity contribution in [3.63, 3.8) is 0 Å². The molecule has 0 radical (unpaired) electrons. The smallest absolute Gasteiger partial charge is 0.163 e. The zero-order chi connectivity index (χ0) is 19.9. The number of ketones is 1. The lowest BCUT2D eigenvalue weighted by Gasteiger charge is -2.60. The van der Waals surface area contributed by atoms with E-state index in [2.05, 4.69) is 13.8 Å². The molecule has 0 spiro atoms. The van der Waals surface area contributed by atoms with Crippen LogP contribution < -0.4 is 0 Å². The summed E-state index contributed by atoms with van der Waals surface area (Å²) in [7, 11) is 0. The Balaban J connectivity index is 1.43. The Kier molecular flexibility index (Phi) is 4.37. The lowest BCUT2D eigenvalue weighted by atomic mass is 9.44. The molecule has 0 aromatic rings. The van der Waals surface area contributed by atoms with E-state index in [1.807, 2.05) is 13.8 Å². The van der Waals surface area contributed by atoms with Crippen LogP contribution in [0, 0.1) is 40.4 Å². The van der Waals surface area contributed by atoms with Crippen molar-refractivity contribution < 1.29 is 19.4 Å². The van der Waals surface area contributed by atoms with Gasteiger partial charge in [-0.3, -0.25) is 4.79 Å². The van der Waals surface area contributed by atoms with E-state index >= 15 is 0 Å². The molecule has 0 aromatic heterocycles. The van der Waals surface area contributed by atoms with Crippen molar-refractivity contribution in [1.29, 1.82) is 0 Å². The fourth-order valence-electron chi connectivity index (χ4n) is 8.61. The minimum Gasteiger partial charge on any atom is -0.393 e. The van der Waals surface area contributed by atoms with E-state index in [4.69, 9.17) is 9.47 Å². The Bertz CT molecular complexity index is 659. The molecule has 0 bridgehead atoms. The molecule has 5 aliphatic rings. The fraction of sp³-hybridized carbons (Fsp3) is 0.958. The molecule has 5 fully saturated rings. The highest BCUT2D eigenvalue weighted by Gasteiger charge is 2.64. The predicted octanol–water partition coefficient (Wildman–Crippen LogP) is 4.34. The first kappa shape index (κ1) is 19.5. The maximum atomic E-state index is 13.7. The molecule has 0 unspecified atom stereocenters. The summed E-state index contributed by atoms with van der Waals surface area (Å²) in [6, 6.07) is 0. The van der Waals surface area contributed by atoms with Crippen LogP contribution in [0.2, 0.25) is 0 Å². The van der Waals surface area contributed by atoms with Crippen molar-refractivity contribution in [3.05, 3.63) is 0 Å². The zero-order valence-electron chi connectivity index (χ0n) is 18.1. The van der Waals surface area contributed by atoms with Crippen LogP contribution in [0.4, 0.5) is 0 Å². The summed E-state index contributed by atoms with van der Waals surface area (Å²) in [4.78, 5) is 13.7. The number of hydrogen-bond acceptors (Lipinski definition) is 4. The highest BCUT2D eigenvalue weighted by molar-refractivity contribution is 5.84. The Labute approximate surface area is 169 Å². The van der Waals surface area contributed by atoms with E-state index < -0.39 is 5.79 Å². The minimum atomic E-state index is -0.491. The van der Waals surface area contributed by atoms with Crippen molar-refractivity contribution in [2.24, 2.45) is 40.4 Å². The van der Waals surface area contributed by atoms with Gasteiger partial charge in [0.15, 0.2) is 5.79 Å². The number of rotatable bonds is 1. The second-order valence-corrected chi connectivity index (χ2v) is 11.7. The molecule has 28 heavy (non-hydrogen) atoms. The van der Waals surface area contributed by atoms with Gasteiger partial charge in [-0.1, -0.05) is 13.8 Å². The molecular weight excluding hydrogens is 352 g/mol. The Hall–Kier alpha value is -0.450. The van der Waals surface area contributed by atoms with Crippen LogP contribution in [0.3, 0.4) is 0 Å². The van der Waals surface area contributed by atoms with Gasteiger partial charge in [0.1, 0.15) is 5.78 Å². The molecule has 5 rings (SSSR count). The number of ether oxygens (including phenoxy) is 2. The first-order chi connectivity index (χ1) is 13.1. The van der Waals surface area contributed by atoms with Gasteiger partial charge in [0.2, 0.25) is 0 Å². The normalized spacial score (nSPS) is 55.5. The van der Waals surface area contributed by atoms with Gasteiger partial charge in [-0.15, -0.1) is 0 Å². The van der Waals surface area contributed by atoms with Crippen molar-refractivity contribution >= 4 is 5.78 Å². The summed E-state index contributed by atoms with van der Waals surface area (Å²) >= 11 is 0. The molecule has 1 N–H and O–H groups in total. The summed E-state index contributed by atoms with van der Waals surface area (Å²) in [6.45, 7) is 9.44. The zero-order valence-corrected chi connectivity index (χ0v) is 18.1. The summed E-state index contributed by atoms with van der Waals surface area (Å²) in [6.07, 6.45) is 8.25. The fourth-order valence-corrected chi connectivity index (χ4v) is 8.61. The Morgan fingerprint density at radius 2 is 1.71 bits per heavy atom. The van der Waals surface area contributed by atoms with Crippen LogP contribution in [-0.2, 0) is 14.3 Å². The first-order valence-corrected chi connectivity index (χ1v) is 11.7. The van der Waals surface area contributed by atoms with Gasteiger partial charge in [0.25, 0.3) is 0 Å². The van der Waals surface area contributed by atoms with Gasteiger partial charge in [-0.2, -0.15) is 0 Å². The highest BCUT2D eigenvalue weighted by Crippen LogP contribution is 2.67. The maximum Gasteiger partial charge on any atom is 0.163 e. The van der Waals surface area contributed by atoms with E-state index in [0.717, 1.165) is 19.3 Å².